The third kappa shape index (κ3) is 3.24. The van der Waals surface area contributed by atoms with Gasteiger partial charge in [0.25, 0.3) is 6.43 Å². The second-order valence-electron chi connectivity index (χ2n) is 5.97. The Morgan fingerprint density at radius 2 is 1.96 bits per heavy atom. The number of halogens is 3. The molecule has 0 amide bonds. The number of benzene rings is 1. The van der Waals surface area contributed by atoms with E-state index in [0.717, 1.165) is 12.1 Å². The summed E-state index contributed by atoms with van der Waals surface area (Å²) in [5.41, 5.74) is 4.08. The van der Waals surface area contributed by atoms with E-state index < -0.39 is 23.9 Å². The number of aryl methyl sites for hydroxylation is 1. The number of nitrogens with two attached hydrogens (primary N) is 1. The Morgan fingerprint density at radius 3 is 2.56 bits per heavy atom. The number of nitrogens with zero attached hydrogens (tertiary/aromatic N) is 3. The zero-order chi connectivity index (χ0) is 19.8. The molecule has 10 heteroatoms. The fourth-order valence-electron chi connectivity index (χ4n) is 2.64. The minimum absolute atomic E-state index is 0.136. The third-order valence-corrected chi connectivity index (χ3v) is 4.24. The third-order valence-electron chi connectivity index (χ3n) is 4.24. The van der Waals surface area contributed by atoms with Crippen LogP contribution in [0, 0.1) is 6.92 Å². The Bertz CT molecular complexity index is 940. The maximum atomic E-state index is 13.4. The summed E-state index contributed by atoms with van der Waals surface area (Å²) in [6.45, 7) is 1.68. The quantitative estimate of drug-likeness (QED) is 0.539. The number of nitrogens with one attached hydrogen (secondary N) is 1. The van der Waals surface area contributed by atoms with Gasteiger partial charge in [0.1, 0.15) is 11.5 Å². The van der Waals surface area contributed by atoms with Crippen LogP contribution in [0.1, 0.15) is 11.1 Å². The molecule has 5 N–H and O–H groups in total. The number of alkyl halides is 3. The van der Waals surface area contributed by atoms with Crippen molar-refractivity contribution in [2.75, 3.05) is 5.73 Å². The predicted octanol–water partition coefficient (Wildman–Crippen LogP) is 2.16. The van der Waals surface area contributed by atoms with Crippen LogP contribution in [0.15, 0.2) is 36.8 Å². The highest BCUT2D eigenvalue weighted by atomic mass is 19.3. The molecule has 0 aliphatic carbocycles. The first-order valence-corrected chi connectivity index (χ1v) is 7.81. The lowest BCUT2D eigenvalue weighted by Gasteiger charge is -2.28. The van der Waals surface area contributed by atoms with Crippen LogP contribution in [0.2, 0.25) is 0 Å². The van der Waals surface area contributed by atoms with Crippen molar-refractivity contribution in [2.45, 2.75) is 25.3 Å². The van der Waals surface area contributed by atoms with Gasteiger partial charge in [-0.15, -0.1) is 0 Å². The highest BCUT2D eigenvalue weighted by Gasteiger charge is 2.47. The Labute approximate surface area is 151 Å². The van der Waals surface area contributed by atoms with E-state index in [9.17, 15) is 18.3 Å². The van der Waals surface area contributed by atoms with Crippen LogP contribution in [0.25, 0.3) is 22.5 Å². The van der Waals surface area contributed by atoms with Gasteiger partial charge in [-0.1, -0.05) is 12.1 Å². The zero-order valence-electron chi connectivity index (χ0n) is 14.1. The summed E-state index contributed by atoms with van der Waals surface area (Å²) in [6.07, 6.45) is -2.34. The monoisotopic (exact) mass is 379 g/mol. The summed E-state index contributed by atoms with van der Waals surface area (Å²) in [5, 5.41) is 25.5. The van der Waals surface area contributed by atoms with Gasteiger partial charge in [-0.2, -0.15) is 5.10 Å². The lowest BCUT2D eigenvalue weighted by Crippen LogP contribution is -2.43. The molecule has 27 heavy (non-hydrogen) atoms. The van der Waals surface area contributed by atoms with Crippen molar-refractivity contribution in [3.63, 3.8) is 0 Å². The zero-order valence-corrected chi connectivity index (χ0v) is 14.1. The van der Waals surface area contributed by atoms with Crippen LogP contribution in [0.3, 0.4) is 0 Å². The Morgan fingerprint density at radius 1 is 1.22 bits per heavy atom. The van der Waals surface area contributed by atoms with Crippen molar-refractivity contribution in [2.24, 2.45) is 0 Å². The molecule has 2 heterocycles. The Hall–Kier alpha value is -2.98. The fraction of sp³-hybridized carbons (Fsp3) is 0.235. The molecule has 0 saturated carbocycles. The van der Waals surface area contributed by atoms with Crippen LogP contribution in [0.5, 0.6) is 0 Å². The topological polar surface area (TPSA) is 121 Å². The van der Waals surface area contributed by atoms with Gasteiger partial charge in [-0.3, -0.25) is 5.10 Å². The molecule has 7 nitrogen and oxygen atoms in total. The number of anilines is 1. The molecule has 142 valence electrons. The average Bonchev–Trinajstić information content (AvgIpc) is 3.16. The Kier molecular flexibility index (Phi) is 4.85. The van der Waals surface area contributed by atoms with Gasteiger partial charge >= 0.3 is 0 Å². The molecule has 1 aromatic carbocycles. The maximum absolute atomic E-state index is 13.4. The van der Waals surface area contributed by atoms with Crippen molar-refractivity contribution < 1.29 is 23.4 Å². The van der Waals surface area contributed by atoms with Gasteiger partial charge in [-0.25, -0.2) is 23.1 Å². The number of hydrogen-bond acceptors (Lipinski definition) is 6. The van der Waals surface area contributed by atoms with E-state index in [1.54, 1.807) is 13.1 Å². The van der Waals surface area contributed by atoms with Crippen LogP contribution >= 0.6 is 0 Å². The van der Waals surface area contributed by atoms with E-state index in [0.29, 0.717) is 22.4 Å². The van der Waals surface area contributed by atoms with Crippen LogP contribution < -0.4 is 5.73 Å². The van der Waals surface area contributed by atoms with Crippen molar-refractivity contribution in [1.29, 1.82) is 0 Å². The average molecular weight is 379 g/mol. The van der Waals surface area contributed by atoms with E-state index in [2.05, 4.69) is 20.2 Å². The molecule has 3 aromatic rings. The minimum Gasteiger partial charge on any atom is -0.382 e. The van der Waals surface area contributed by atoms with Gasteiger partial charge in [0, 0.05) is 17.3 Å². The van der Waals surface area contributed by atoms with Crippen LogP contribution in [0.4, 0.5) is 19.0 Å². The number of aliphatic hydroxyl groups is 2. The molecule has 3 rings (SSSR count). The first-order valence-electron chi connectivity index (χ1n) is 7.81. The normalized spacial score (nSPS) is 14.9. The second kappa shape index (κ2) is 6.97. The van der Waals surface area contributed by atoms with Gasteiger partial charge in [0.05, 0.1) is 18.1 Å². The van der Waals surface area contributed by atoms with E-state index in [-0.39, 0.29) is 11.5 Å². The maximum Gasteiger partial charge on any atom is 0.276 e. The molecule has 0 spiro atoms. The lowest BCUT2D eigenvalue weighted by molar-refractivity contribution is -0.211. The second-order valence-corrected chi connectivity index (χ2v) is 5.97. The molecule has 2 unspecified atom stereocenters. The molecule has 2 atom stereocenters. The molecule has 2 aromatic heterocycles. The number of H-pyrrole nitrogens is 1. The number of rotatable bonds is 5. The largest absolute Gasteiger partial charge is 0.382 e. The van der Waals surface area contributed by atoms with Gasteiger partial charge < -0.3 is 15.9 Å². The lowest BCUT2D eigenvalue weighted by atomic mass is 9.90. The van der Waals surface area contributed by atoms with Gasteiger partial charge in [0.2, 0.25) is 12.0 Å². The first-order chi connectivity index (χ1) is 12.7. The molecule has 0 radical (unpaired) electrons. The smallest absolute Gasteiger partial charge is 0.276 e. The molecule has 0 aliphatic rings. The van der Waals surface area contributed by atoms with Crippen molar-refractivity contribution in [1.82, 2.24) is 20.2 Å². The predicted molar refractivity (Wildman–Crippen MR) is 91.2 cm³/mol. The number of hydrogen-bond donors (Lipinski definition) is 4. The highest BCUT2D eigenvalue weighted by molar-refractivity contribution is 5.73. The highest BCUT2D eigenvalue weighted by Crippen LogP contribution is 2.36. The first kappa shape index (κ1) is 18.8. The Balaban J connectivity index is 2.15. The summed E-state index contributed by atoms with van der Waals surface area (Å²) in [5.74, 6) is 0.136. The number of aromatic amines is 1. The van der Waals surface area contributed by atoms with Crippen LogP contribution in [-0.2, 0) is 5.60 Å². The number of nitrogen functional groups attached to an aromatic ring is 1. The molecule has 0 bridgehead atoms. The SMILES string of the molecule is Cc1ccc(C(O)(C(O)F)C(F)F)cc1-c1cnc(N)c(-c2cn[nH]c2)n1. The van der Waals surface area contributed by atoms with Crippen molar-refractivity contribution in [3.8, 4) is 22.5 Å². The summed E-state index contributed by atoms with van der Waals surface area (Å²) < 4.78 is 39.9. The van der Waals surface area contributed by atoms with E-state index >= 15 is 0 Å². The summed E-state index contributed by atoms with van der Waals surface area (Å²) >= 11 is 0. The van der Waals surface area contributed by atoms with E-state index in [4.69, 9.17) is 10.8 Å². The molecule has 0 fully saturated rings. The minimum atomic E-state index is -3.55. The van der Waals surface area contributed by atoms with Gasteiger partial charge in [-0.05, 0) is 24.1 Å². The van der Waals surface area contributed by atoms with E-state index in [1.807, 2.05) is 0 Å². The van der Waals surface area contributed by atoms with Crippen LogP contribution in [-0.4, -0.2) is 43.2 Å². The summed E-state index contributed by atoms with van der Waals surface area (Å²) in [6, 6.07) is 3.68. The summed E-state index contributed by atoms with van der Waals surface area (Å²) in [7, 11) is 0. The fourth-order valence-corrected chi connectivity index (χ4v) is 2.64. The standard InChI is InChI=1S/C17H16F3N5O2/c1-8-2-3-10(17(27,15(18)19)16(20)26)4-11(8)12-7-22-14(21)13(25-12)9-5-23-24-6-9/h2-7,15-16,26-27H,1H3,(H2,21,22)(H,23,24). The number of aromatic nitrogens is 4. The molecule has 0 aliphatic heterocycles. The molecule has 0 saturated heterocycles. The summed E-state index contributed by atoms with van der Waals surface area (Å²) in [4.78, 5) is 8.44. The number of aliphatic hydroxyl groups excluding tert-OH is 1. The molecular formula is C17H16F3N5O2. The van der Waals surface area contributed by atoms with Crippen molar-refractivity contribution in [3.05, 3.63) is 47.9 Å². The molecular weight excluding hydrogens is 363 g/mol. The van der Waals surface area contributed by atoms with Gasteiger partial charge in [0.15, 0.2) is 0 Å². The van der Waals surface area contributed by atoms with Crippen molar-refractivity contribution >= 4 is 5.82 Å². The van der Waals surface area contributed by atoms with E-state index in [1.165, 1.54) is 18.5 Å².